The number of nitrogens with zero attached hydrogens (tertiary/aromatic N) is 1. The van der Waals surface area contributed by atoms with Gasteiger partial charge in [0.15, 0.2) is 0 Å². The van der Waals surface area contributed by atoms with E-state index in [4.69, 9.17) is 0 Å². The van der Waals surface area contributed by atoms with Crippen LogP contribution < -0.4 is 4.72 Å². The number of piperidine rings is 1. The second kappa shape index (κ2) is 6.83. The third kappa shape index (κ3) is 4.00. The number of likely N-dealkylation sites (tertiary alicyclic amines) is 1. The number of sulfonamides is 1. The Morgan fingerprint density at radius 2 is 2.19 bits per heavy atom. The van der Waals surface area contributed by atoms with Crippen LogP contribution in [0.2, 0.25) is 0 Å². The molecule has 21 heavy (non-hydrogen) atoms. The Kier molecular flexibility index (Phi) is 5.32. The summed E-state index contributed by atoms with van der Waals surface area (Å²) in [6, 6.07) is 3.52. The Balaban J connectivity index is 2.13. The van der Waals surface area contributed by atoms with Gasteiger partial charge in [-0.15, -0.1) is 0 Å². The van der Waals surface area contributed by atoms with Crippen LogP contribution in [0.25, 0.3) is 0 Å². The van der Waals surface area contributed by atoms with Crippen molar-refractivity contribution in [2.45, 2.75) is 36.8 Å². The van der Waals surface area contributed by atoms with Crippen LogP contribution in [0.1, 0.15) is 24.8 Å². The highest BCUT2D eigenvalue weighted by Crippen LogP contribution is 2.19. The largest absolute Gasteiger partial charge is 0.392 e. The van der Waals surface area contributed by atoms with Crippen LogP contribution in [0, 0.1) is 5.82 Å². The molecule has 1 unspecified atom stereocenters. The molecule has 0 saturated carbocycles. The Bertz CT molecular complexity index is 592. The van der Waals surface area contributed by atoms with E-state index in [0.29, 0.717) is 6.54 Å². The minimum absolute atomic E-state index is 0.152. The molecule has 0 spiro atoms. The zero-order chi connectivity index (χ0) is 15.5. The van der Waals surface area contributed by atoms with E-state index in [2.05, 4.69) is 9.62 Å². The molecule has 1 aliphatic heterocycles. The number of rotatable bonds is 5. The van der Waals surface area contributed by atoms with E-state index in [-0.39, 0.29) is 16.5 Å². The molecule has 0 amide bonds. The molecule has 1 heterocycles. The number of nitrogens with one attached hydrogen (secondary N) is 1. The second-order valence-corrected chi connectivity index (χ2v) is 7.13. The van der Waals surface area contributed by atoms with Crippen LogP contribution in [0.4, 0.5) is 4.39 Å². The summed E-state index contributed by atoms with van der Waals surface area (Å²) in [5, 5.41) is 9.21. The maximum atomic E-state index is 13.3. The van der Waals surface area contributed by atoms with Gasteiger partial charge in [0.1, 0.15) is 5.82 Å². The number of hydrogen-bond donors (Lipinski definition) is 2. The first-order chi connectivity index (χ1) is 9.94. The van der Waals surface area contributed by atoms with Gasteiger partial charge in [0.05, 0.1) is 11.5 Å². The third-order valence-electron chi connectivity index (χ3n) is 3.92. The molecule has 2 rings (SSSR count). The molecule has 0 aromatic heterocycles. The molecule has 1 aromatic rings. The first kappa shape index (κ1) is 16.4. The smallest absolute Gasteiger partial charge is 0.241 e. The van der Waals surface area contributed by atoms with E-state index >= 15 is 0 Å². The van der Waals surface area contributed by atoms with E-state index in [9.17, 15) is 17.9 Å². The number of halogens is 1. The summed E-state index contributed by atoms with van der Waals surface area (Å²) in [4.78, 5) is 1.94. The summed E-state index contributed by atoms with van der Waals surface area (Å²) in [5.41, 5.74) is 0.195. The van der Waals surface area contributed by atoms with Crippen molar-refractivity contribution in [3.63, 3.8) is 0 Å². The number of hydrogen-bond acceptors (Lipinski definition) is 4. The lowest BCUT2D eigenvalue weighted by Gasteiger charge is -2.32. The predicted molar refractivity (Wildman–Crippen MR) is 77.8 cm³/mol. The highest BCUT2D eigenvalue weighted by Gasteiger charge is 2.23. The Morgan fingerprint density at radius 1 is 1.43 bits per heavy atom. The van der Waals surface area contributed by atoms with Gasteiger partial charge in [0.25, 0.3) is 0 Å². The number of aliphatic hydroxyl groups excluding tert-OH is 1. The molecule has 1 aliphatic rings. The van der Waals surface area contributed by atoms with Gasteiger partial charge in [-0.25, -0.2) is 17.5 Å². The Labute approximate surface area is 124 Å². The van der Waals surface area contributed by atoms with E-state index < -0.39 is 22.4 Å². The van der Waals surface area contributed by atoms with Gasteiger partial charge in [-0.1, -0.05) is 12.5 Å². The molecule has 5 nitrogen and oxygen atoms in total. The average molecular weight is 316 g/mol. The van der Waals surface area contributed by atoms with E-state index in [0.717, 1.165) is 37.9 Å². The minimum atomic E-state index is -3.83. The SMILES string of the molecule is CN1CCCCC1CNS(=O)(=O)c1cc(F)ccc1CO. The molecule has 0 radical (unpaired) electrons. The molecule has 0 aliphatic carbocycles. The summed E-state index contributed by atoms with van der Waals surface area (Å²) in [6.07, 6.45) is 3.14. The quantitative estimate of drug-likeness (QED) is 0.853. The van der Waals surface area contributed by atoms with Crippen molar-refractivity contribution >= 4 is 10.0 Å². The topological polar surface area (TPSA) is 69.6 Å². The highest BCUT2D eigenvalue weighted by atomic mass is 32.2. The number of benzene rings is 1. The summed E-state index contributed by atoms with van der Waals surface area (Å²) in [5.74, 6) is -0.637. The lowest BCUT2D eigenvalue weighted by Crippen LogP contribution is -2.44. The molecule has 1 aromatic carbocycles. The van der Waals surface area contributed by atoms with Crippen LogP contribution in [0.3, 0.4) is 0 Å². The zero-order valence-electron chi connectivity index (χ0n) is 12.0. The van der Waals surface area contributed by atoms with Gasteiger partial charge in [0.2, 0.25) is 10.0 Å². The molecule has 0 bridgehead atoms. The van der Waals surface area contributed by atoms with Gasteiger partial charge >= 0.3 is 0 Å². The van der Waals surface area contributed by atoms with Crippen LogP contribution >= 0.6 is 0 Å². The van der Waals surface area contributed by atoms with Crippen LogP contribution in [0.5, 0.6) is 0 Å². The molecular formula is C14H21FN2O3S. The molecule has 1 saturated heterocycles. The standard InChI is InChI=1S/C14H21FN2O3S/c1-17-7-3-2-4-13(17)9-16-21(19,20)14-8-12(15)6-5-11(14)10-18/h5-6,8,13,16,18H,2-4,7,9-10H2,1H3. The van der Waals surface area contributed by atoms with Crippen molar-refractivity contribution in [3.8, 4) is 0 Å². The summed E-state index contributed by atoms with van der Waals surface area (Å²) < 4.78 is 40.4. The van der Waals surface area contributed by atoms with E-state index in [1.54, 1.807) is 0 Å². The zero-order valence-corrected chi connectivity index (χ0v) is 12.9. The molecule has 1 atom stereocenters. The van der Waals surface area contributed by atoms with E-state index in [1.165, 1.54) is 6.07 Å². The third-order valence-corrected chi connectivity index (χ3v) is 5.43. The highest BCUT2D eigenvalue weighted by molar-refractivity contribution is 7.89. The average Bonchev–Trinajstić information content (AvgIpc) is 2.46. The Hall–Kier alpha value is -1.02. The lowest BCUT2D eigenvalue weighted by molar-refractivity contribution is 0.187. The number of likely N-dealkylation sites (N-methyl/N-ethyl adjacent to an activating group) is 1. The van der Waals surface area contributed by atoms with Crippen molar-refractivity contribution in [3.05, 3.63) is 29.6 Å². The molecular weight excluding hydrogens is 295 g/mol. The summed E-state index contributed by atoms with van der Waals surface area (Å²) in [6.45, 7) is 0.800. The number of aliphatic hydroxyl groups is 1. The molecule has 118 valence electrons. The lowest BCUT2D eigenvalue weighted by atomic mass is 10.0. The van der Waals surface area contributed by atoms with Crippen molar-refractivity contribution in [1.82, 2.24) is 9.62 Å². The molecule has 1 fully saturated rings. The van der Waals surface area contributed by atoms with Gasteiger partial charge in [-0.3, -0.25) is 0 Å². The predicted octanol–water partition coefficient (Wildman–Crippen LogP) is 1.08. The second-order valence-electron chi connectivity index (χ2n) is 5.39. The summed E-state index contributed by atoms with van der Waals surface area (Å²) in [7, 11) is -1.85. The van der Waals surface area contributed by atoms with Gasteiger partial charge < -0.3 is 10.0 Å². The van der Waals surface area contributed by atoms with Gasteiger partial charge in [-0.2, -0.15) is 0 Å². The van der Waals surface area contributed by atoms with Crippen molar-refractivity contribution < 1.29 is 17.9 Å². The maximum absolute atomic E-state index is 13.3. The van der Waals surface area contributed by atoms with Crippen molar-refractivity contribution in [1.29, 1.82) is 0 Å². The van der Waals surface area contributed by atoms with Gasteiger partial charge in [-0.05, 0) is 44.1 Å². The van der Waals surface area contributed by atoms with Gasteiger partial charge in [0, 0.05) is 12.6 Å². The molecule has 2 N–H and O–H groups in total. The van der Waals surface area contributed by atoms with Crippen LogP contribution in [-0.2, 0) is 16.6 Å². The molecule has 7 heteroatoms. The normalized spacial score (nSPS) is 20.6. The van der Waals surface area contributed by atoms with Crippen molar-refractivity contribution in [2.24, 2.45) is 0 Å². The van der Waals surface area contributed by atoms with Crippen LogP contribution in [-0.4, -0.2) is 44.6 Å². The van der Waals surface area contributed by atoms with E-state index in [1.807, 2.05) is 7.05 Å². The first-order valence-electron chi connectivity index (χ1n) is 7.03. The fourth-order valence-corrected chi connectivity index (χ4v) is 3.91. The fourth-order valence-electron chi connectivity index (χ4n) is 2.59. The monoisotopic (exact) mass is 316 g/mol. The van der Waals surface area contributed by atoms with Crippen molar-refractivity contribution in [2.75, 3.05) is 20.1 Å². The first-order valence-corrected chi connectivity index (χ1v) is 8.51. The summed E-state index contributed by atoms with van der Waals surface area (Å²) >= 11 is 0. The van der Waals surface area contributed by atoms with Crippen LogP contribution in [0.15, 0.2) is 23.1 Å². The minimum Gasteiger partial charge on any atom is -0.392 e. The Morgan fingerprint density at radius 3 is 2.86 bits per heavy atom. The maximum Gasteiger partial charge on any atom is 0.241 e. The fraction of sp³-hybridized carbons (Fsp3) is 0.571.